The summed E-state index contributed by atoms with van der Waals surface area (Å²) in [4.78, 5) is 0. The number of rotatable bonds is 19. The predicted molar refractivity (Wildman–Crippen MR) is 209 cm³/mol. The van der Waals surface area contributed by atoms with Gasteiger partial charge in [-0.15, -0.1) is 10.2 Å². The maximum absolute atomic E-state index is 11.2. The number of sulfone groups is 2. The first kappa shape index (κ1) is 45.2. The monoisotopic (exact) mass is 868 g/mol. The molecule has 0 aliphatic heterocycles. The fourth-order valence-electron chi connectivity index (χ4n) is 5.43. The molecular weight excluding hydrogens is 821 g/mol. The van der Waals surface area contributed by atoms with Crippen LogP contribution in [0.25, 0.3) is 34.0 Å². The van der Waals surface area contributed by atoms with Crippen LogP contribution in [-0.2, 0) is 66.1 Å². The van der Waals surface area contributed by atoms with E-state index >= 15 is 0 Å². The lowest BCUT2D eigenvalue weighted by atomic mass is 10.1. The van der Waals surface area contributed by atoms with Gasteiger partial charge in [0.15, 0.2) is 49.6 Å². The topological polar surface area (TPSA) is 231 Å². The van der Waals surface area contributed by atoms with Gasteiger partial charge in [0.2, 0.25) is 11.8 Å². The quantitative estimate of drug-likeness (QED) is 0.0883. The number of aryl methyl sites for hydroxylation is 4. The second kappa shape index (κ2) is 20.2. The Labute approximate surface area is 333 Å². The number of nitrogens with zero attached hydrogens (tertiary/aromatic N) is 6. The van der Waals surface area contributed by atoms with Gasteiger partial charge >= 0.3 is 0 Å². The molecule has 0 saturated carbocycles. The maximum Gasteiger partial charge on any atom is 0.265 e. The van der Waals surface area contributed by atoms with Gasteiger partial charge in [0.1, 0.15) is 45.9 Å². The zero-order chi connectivity index (χ0) is 41.7. The molecule has 0 radical (unpaired) electrons. The average Bonchev–Trinajstić information content (AvgIpc) is 3.62. The predicted octanol–water partition coefficient (Wildman–Crippen LogP) is 1.33. The highest BCUT2D eigenvalue weighted by atomic mass is 32.2. The normalized spacial score (nSPS) is 12.2. The van der Waals surface area contributed by atoms with Gasteiger partial charge in [-0.3, -0.25) is 9.11 Å². The minimum Gasteiger partial charge on any atom is -0.416 e. The lowest BCUT2D eigenvalue weighted by molar-refractivity contribution is -0.697. The summed E-state index contributed by atoms with van der Waals surface area (Å²) >= 11 is 0. The van der Waals surface area contributed by atoms with Crippen LogP contribution < -0.4 is 18.3 Å². The van der Waals surface area contributed by atoms with Gasteiger partial charge in [-0.2, -0.15) is 16.8 Å². The SMILES string of the molecule is CS(=O)(=O)CCC[n+]1ccc(-c2cc[n+](CCCS(=O)(=O)O)cc2)cc1.CS(=O)(=O)CCC[n+]1ccc(-c2nnc(-c3cc[n+](CCCS(=O)(=O)O)cc3)o2)cc1. The molecule has 5 aromatic rings. The molecule has 0 aliphatic rings. The highest BCUT2D eigenvalue weighted by Gasteiger charge is 2.15. The molecule has 5 rings (SSSR count). The van der Waals surface area contributed by atoms with Crippen molar-refractivity contribution in [3.63, 3.8) is 0 Å². The number of pyridine rings is 4. The van der Waals surface area contributed by atoms with Crippen molar-refractivity contribution in [1.29, 1.82) is 0 Å². The maximum atomic E-state index is 11.2. The Morgan fingerprint density at radius 1 is 0.439 bits per heavy atom. The molecule has 0 aromatic carbocycles. The van der Waals surface area contributed by atoms with Crippen molar-refractivity contribution in [2.75, 3.05) is 35.5 Å². The Bertz CT molecular complexity index is 2320. The van der Waals surface area contributed by atoms with Gasteiger partial charge in [-0.05, 0) is 11.1 Å². The molecule has 0 bridgehead atoms. The Hall–Kier alpha value is -4.54. The van der Waals surface area contributed by atoms with Crippen LogP contribution in [0.1, 0.15) is 25.7 Å². The van der Waals surface area contributed by atoms with Crippen LogP contribution in [-0.4, -0.2) is 88.5 Å². The van der Waals surface area contributed by atoms with Gasteiger partial charge in [0, 0.05) is 86.7 Å². The van der Waals surface area contributed by atoms with Gasteiger partial charge in [0.25, 0.3) is 20.2 Å². The molecule has 308 valence electrons. The Balaban J connectivity index is 0.000000257. The Morgan fingerprint density at radius 3 is 0.930 bits per heavy atom. The van der Waals surface area contributed by atoms with Crippen molar-refractivity contribution in [3.8, 4) is 34.0 Å². The van der Waals surface area contributed by atoms with E-state index in [1.807, 2.05) is 87.3 Å². The van der Waals surface area contributed by atoms with Gasteiger partial charge < -0.3 is 4.42 Å². The van der Waals surface area contributed by atoms with Crippen LogP contribution in [0, 0.1) is 0 Å². The lowest BCUT2D eigenvalue weighted by Gasteiger charge is -2.02. The van der Waals surface area contributed by atoms with Crippen LogP contribution in [0.4, 0.5) is 0 Å². The molecule has 0 aliphatic carbocycles. The lowest BCUT2D eigenvalue weighted by Crippen LogP contribution is -2.34. The highest BCUT2D eigenvalue weighted by molar-refractivity contribution is 7.90. The molecule has 5 heterocycles. The van der Waals surface area contributed by atoms with Gasteiger partial charge in [-0.1, -0.05) is 0 Å². The van der Waals surface area contributed by atoms with E-state index in [0.717, 1.165) is 22.3 Å². The summed E-state index contributed by atoms with van der Waals surface area (Å²) < 4.78 is 118. The average molecular weight is 869 g/mol. The van der Waals surface area contributed by atoms with Crippen molar-refractivity contribution in [2.45, 2.75) is 51.9 Å². The molecule has 21 heteroatoms. The molecule has 0 saturated heterocycles. The Morgan fingerprint density at radius 2 is 0.684 bits per heavy atom. The van der Waals surface area contributed by atoms with E-state index in [2.05, 4.69) is 10.2 Å². The van der Waals surface area contributed by atoms with E-state index in [4.69, 9.17) is 13.5 Å². The van der Waals surface area contributed by atoms with E-state index < -0.39 is 39.9 Å². The number of hydrogen-bond donors (Lipinski definition) is 2. The zero-order valence-electron chi connectivity index (χ0n) is 31.6. The van der Waals surface area contributed by atoms with Crippen LogP contribution in [0.15, 0.2) is 103 Å². The number of aromatic nitrogens is 6. The van der Waals surface area contributed by atoms with Gasteiger partial charge in [-0.25, -0.2) is 35.1 Å². The van der Waals surface area contributed by atoms with E-state index in [9.17, 15) is 33.7 Å². The second-order valence-electron chi connectivity index (χ2n) is 13.5. The zero-order valence-corrected chi connectivity index (χ0v) is 34.9. The summed E-state index contributed by atoms with van der Waals surface area (Å²) in [6, 6.07) is 15.0. The van der Waals surface area contributed by atoms with Crippen LogP contribution in [0.3, 0.4) is 0 Å². The van der Waals surface area contributed by atoms with E-state index in [1.54, 1.807) is 29.1 Å². The molecule has 2 N–H and O–H groups in total. The summed E-state index contributed by atoms with van der Waals surface area (Å²) in [5.41, 5.74) is 3.53. The van der Waals surface area contributed by atoms with Crippen molar-refractivity contribution in [1.82, 2.24) is 10.2 Å². The van der Waals surface area contributed by atoms with E-state index in [0.29, 0.717) is 63.6 Å². The summed E-state index contributed by atoms with van der Waals surface area (Å²) in [5.74, 6) is 0.501. The fourth-order valence-corrected chi connectivity index (χ4v) is 7.72. The molecule has 0 fully saturated rings. The van der Waals surface area contributed by atoms with E-state index in [1.165, 1.54) is 12.5 Å². The molecule has 0 amide bonds. The third-order valence-corrected chi connectivity index (χ3v) is 12.0. The molecule has 0 unspecified atom stereocenters. The first-order valence-corrected chi connectivity index (χ1v) is 25.1. The first-order valence-electron chi connectivity index (χ1n) is 17.8. The molecule has 5 aromatic heterocycles. The second-order valence-corrected chi connectivity index (χ2v) is 21.1. The molecular formula is C36H48N6O11S4+4. The largest absolute Gasteiger partial charge is 0.416 e. The van der Waals surface area contributed by atoms with Crippen molar-refractivity contribution < 1.29 is 65.5 Å². The smallest absolute Gasteiger partial charge is 0.265 e. The van der Waals surface area contributed by atoms with Crippen LogP contribution in [0.2, 0.25) is 0 Å². The number of hydrogen-bond acceptors (Lipinski definition) is 11. The third-order valence-electron chi connectivity index (χ3n) is 8.32. The fraction of sp³-hybridized carbons (Fsp3) is 0.389. The van der Waals surface area contributed by atoms with Crippen molar-refractivity contribution >= 4 is 39.9 Å². The van der Waals surface area contributed by atoms with Crippen molar-refractivity contribution in [3.05, 3.63) is 98.1 Å². The minimum absolute atomic E-state index is 0.145. The molecule has 0 spiro atoms. The summed E-state index contributed by atoms with van der Waals surface area (Å²) in [6.07, 6.45) is 19.0. The molecule has 0 atom stereocenters. The highest BCUT2D eigenvalue weighted by Crippen LogP contribution is 2.22. The third kappa shape index (κ3) is 17.6. The summed E-state index contributed by atoms with van der Waals surface area (Å²) in [7, 11) is -13.8. The van der Waals surface area contributed by atoms with Gasteiger partial charge in [0.05, 0.1) is 34.1 Å². The van der Waals surface area contributed by atoms with Crippen LogP contribution in [0.5, 0.6) is 0 Å². The molecule has 17 nitrogen and oxygen atoms in total. The van der Waals surface area contributed by atoms with Crippen LogP contribution >= 0.6 is 0 Å². The first-order chi connectivity index (χ1) is 26.7. The van der Waals surface area contributed by atoms with Crippen molar-refractivity contribution in [2.24, 2.45) is 0 Å². The van der Waals surface area contributed by atoms with E-state index in [-0.39, 0.29) is 23.0 Å². The Kier molecular flexibility index (Phi) is 16.0. The minimum atomic E-state index is -3.95. The summed E-state index contributed by atoms with van der Waals surface area (Å²) in [5, 5.41) is 8.15. The summed E-state index contributed by atoms with van der Waals surface area (Å²) in [6.45, 7) is 2.20. The standard InChI is InChI=1S/C19H23N4O6S2.C17H23N2O5S2/c1-30(24,25)14-2-8-22-10-4-16(5-11-22)18-20-21-19(29-18)17-6-12-23(13-7-17)9-3-15-31(26,27)28;1-25(20,21)14-2-8-18-10-4-16(5-11-18)17-6-12-19(13-7-17)9-3-15-26(22,23)24/h4-7,10-13H,2-3,8-9,14-15H2,1H3;4-7,10-13H,2-3,8-9,14-15H2,1H3/q2*+1/p+2. The molecule has 57 heavy (non-hydrogen) atoms.